The standard InChI is InChI=1S/C15H22FNO/c1-11(17-10-15(2)7-4-8-15)13-6-5-12(18-3)9-14(13)16/h5-6,9,11,17H,4,7-8,10H2,1-3H3. The highest BCUT2D eigenvalue weighted by atomic mass is 19.1. The minimum Gasteiger partial charge on any atom is -0.497 e. The lowest BCUT2D eigenvalue weighted by molar-refractivity contribution is 0.151. The first kappa shape index (κ1) is 13.3. The predicted octanol–water partition coefficient (Wildman–Crippen LogP) is 3.68. The van der Waals surface area contributed by atoms with Crippen LogP contribution in [-0.2, 0) is 0 Å². The lowest BCUT2D eigenvalue weighted by atomic mass is 9.70. The molecule has 0 aliphatic heterocycles. The molecule has 1 atom stereocenters. The molecule has 0 heterocycles. The monoisotopic (exact) mass is 251 g/mol. The summed E-state index contributed by atoms with van der Waals surface area (Å²) in [5.41, 5.74) is 1.12. The van der Waals surface area contributed by atoms with Crippen LogP contribution in [0.4, 0.5) is 4.39 Å². The summed E-state index contributed by atoms with van der Waals surface area (Å²) < 4.78 is 18.9. The largest absolute Gasteiger partial charge is 0.497 e. The molecule has 1 saturated carbocycles. The molecule has 1 aliphatic rings. The van der Waals surface area contributed by atoms with Gasteiger partial charge in [-0.15, -0.1) is 0 Å². The summed E-state index contributed by atoms with van der Waals surface area (Å²) in [5.74, 6) is 0.363. The number of hydrogen-bond donors (Lipinski definition) is 1. The number of ether oxygens (including phenoxy) is 1. The van der Waals surface area contributed by atoms with E-state index in [-0.39, 0.29) is 11.9 Å². The van der Waals surface area contributed by atoms with Gasteiger partial charge >= 0.3 is 0 Å². The fraction of sp³-hybridized carbons (Fsp3) is 0.600. The van der Waals surface area contributed by atoms with Crippen molar-refractivity contribution in [2.45, 2.75) is 39.2 Å². The summed E-state index contributed by atoms with van der Waals surface area (Å²) in [7, 11) is 1.55. The van der Waals surface area contributed by atoms with Crippen molar-refractivity contribution >= 4 is 0 Å². The average Bonchev–Trinajstić information content (AvgIpc) is 2.33. The quantitative estimate of drug-likeness (QED) is 0.862. The van der Waals surface area contributed by atoms with Gasteiger partial charge in [0, 0.05) is 24.2 Å². The summed E-state index contributed by atoms with van der Waals surface area (Å²) >= 11 is 0. The van der Waals surface area contributed by atoms with Gasteiger partial charge in [-0.05, 0) is 31.2 Å². The maximum Gasteiger partial charge on any atom is 0.131 e. The van der Waals surface area contributed by atoms with Crippen molar-refractivity contribution in [3.63, 3.8) is 0 Å². The Morgan fingerprint density at radius 3 is 2.67 bits per heavy atom. The van der Waals surface area contributed by atoms with E-state index in [0.29, 0.717) is 16.7 Å². The van der Waals surface area contributed by atoms with Crippen LogP contribution in [0.1, 0.15) is 44.7 Å². The van der Waals surface area contributed by atoms with E-state index in [2.05, 4.69) is 12.2 Å². The van der Waals surface area contributed by atoms with Gasteiger partial charge in [-0.25, -0.2) is 4.39 Å². The minimum atomic E-state index is -0.201. The topological polar surface area (TPSA) is 21.3 Å². The lowest BCUT2D eigenvalue weighted by Gasteiger charge is -2.39. The summed E-state index contributed by atoms with van der Waals surface area (Å²) in [6, 6.07) is 5.09. The molecule has 0 aromatic heterocycles. The van der Waals surface area contributed by atoms with E-state index in [0.717, 1.165) is 6.54 Å². The molecule has 0 spiro atoms. The maximum absolute atomic E-state index is 13.9. The summed E-state index contributed by atoms with van der Waals surface area (Å²) in [6.45, 7) is 5.26. The van der Waals surface area contributed by atoms with Crippen LogP contribution < -0.4 is 10.1 Å². The third-order valence-electron chi connectivity index (χ3n) is 4.07. The Balaban J connectivity index is 1.97. The SMILES string of the molecule is COc1ccc(C(C)NCC2(C)CCC2)c(F)c1. The second-order valence-electron chi connectivity index (χ2n) is 5.65. The van der Waals surface area contributed by atoms with Gasteiger partial charge in [-0.1, -0.05) is 19.4 Å². The lowest BCUT2D eigenvalue weighted by Crippen LogP contribution is -2.38. The summed E-state index contributed by atoms with van der Waals surface area (Å²) in [5, 5.41) is 3.44. The maximum atomic E-state index is 13.9. The van der Waals surface area contributed by atoms with E-state index in [1.807, 2.05) is 13.0 Å². The number of nitrogens with one attached hydrogen (secondary N) is 1. The Morgan fingerprint density at radius 2 is 2.17 bits per heavy atom. The molecule has 1 fully saturated rings. The molecule has 2 nitrogen and oxygen atoms in total. The Morgan fingerprint density at radius 1 is 1.44 bits per heavy atom. The highest BCUT2D eigenvalue weighted by Crippen LogP contribution is 2.39. The smallest absolute Gasteiger partial charge is 0.131 e. The van der Waals surface area contributed by atoms with Gasteiger partial charge in [-0.3, -0.25) is 0 Å². The van der Waals surface area contributed by atoms with Crippen molar-refractivity contribution in [3.05, 3.63) is 29.6 Å². The van der Waals surface area contributed by atoms with E-state index < -0.39 is 0 Å². The van der Waals surface area contributed by atoms with Gasteiger partial charge in [0.15, 0.2) is 0 Å². The molecule has 0 radical (unpaired) electrons. The first-order chi connectivity index (χ1) is 8.54. The van der Waals surface area contributed by atoms with Gasteiger partial charge in [0.2, 0.25) is 0 Å². The van der Waals surface area contributed by atoms with Gasteiger partial charge < -0.3 is 10.1 Å². The summed E-state index contributed by atoms with van der Waals surface area (Å²) in [6.07, 6.45) is 3.87. The molecule has 3 heteroatoms. The normalized spacial score (nSPS) is 19.1. The number of rotatable bonds is 5. The van der Waals surface area contributed by atoms with E-state index in [1.54, 1.807) is 13.2 Å². The average molecular weight is 251 g/mol. The van der Waals surface area contributed by atoms with Crippen LogP contribution in [0.15, 0.2) is 18.2 Å². The third kappa shape index (κ3) is 2.83. The van der Waals surface area contributed by atoms with Crippen LogP contribution in [0, 0.1) is 11.2 Å². The second-order valence-corrected chi connectivity index (χ2v) is 5.65. The van der Waals surface area contributed by atoms with Crippen LogP contribution in [-0.4, -0.2) is 13.7 Å². The molecule has 0 amide bonds. The molecule has 1 aromatic carbocycles. The third-order valence-corrected chi connectivity index (χ3v) is 4.07. The number of benzene rings is 1. The fourth-order valence-electron chi connectivity index (χ4n) is 2.45. The molecular weight excluding hydrogens is 229 g/mol. The number of hydrogen-bond acceptors (Lipinski definition) is 2. The first-order valence-corrected chi connectivity index (χ1v) is 6.61. The molecule has 18 heavy (non-hydrogen) atoms. The molecular formula is C15H22FNO. The minimum absolute atomic E-state index is 0.0355. The van der Waals surface area contributed by atoms with E-state index in [1.165, 1.54) is 25.3 Å². The van der Waals surface area contributed by atoms with Gasteiger partial charge in [-0.2, -0.15) is 0 Å². The zero-order valence-electron chi connectivity index (χ0n) is 11.4. The molecule has 0 bridgehead atoms. The Labute approximate surface area is 109 Å². The number of halogens is 1. The highest BCUT2D eigenvalue weighted by Gasteiger charge is 2.31. The molecule has 0 saturated heterocycles. The van der Waals surface area contributed by atoms with Crippen LogP contribution in [0.3, 0.4) is 0 Å². The zero-order chi connectivity index (χ0) is 13.2. The van der Waals surface area contributed by atoms with E-state index in [9.17, 15) is 4.39 Å². The van der Waals surface area contributed by atoms with Crippen LogP contribution >= 0.6 is 0 Å². The van der Waals surface area contributed by atoms with Gasteiger partial charge in [0.25, 0.3) is 0 Å². The molecule has 100 valence electrons. The van der Waals surface area contributed by atoms with E-state index >= 15 is 0 Å². The summed E-state index contributed by atoms with van der Waals surface area (Å²) in [4.78, 5) is 0. The Bertz CT molecular complexity index is 415. The van der Waals surface area contributed by atoms with Gasteiger partial charge in [0.1, 0.15) is 11.6 Å². The van der Waals surface area contributed by atoms with Crippen molar-refractivity contribution < 1.29 is 9.13 Å². The second kappa shape index (κ2) is 5.27. The van der Waals surface area contributed by atoms with Crippen molar-refractivity contribution in [1.82, 2.24) is 5.32 Å². The first-order valence-electron chi connectivity index (χ1n) is 6.61. The van der Waals surface area contributed by atoms with Crippen LogP contribution in [0.5, 0.6) is 5.75 Å². The molecule has 1 N–H and O–H groups in total. The highest BCUT2D eigenvalue weighted by molar-refractivity contribution is 5.30. The van der Waals surface area contributed by atoms with E-state index in [4.69, 9.17) is 4.74 Å². The van der Waals surface area contributed by atoms with Crippen molar-refractivity contribution in [2.24, 2.45) is 5.41 Å². The molecule has 1 aromatic rings. The Kier molecular flexibility index (Phi) is 3.91. The number of methoxy groups -OCH3 is 1. The van der Waals surface area contributed by atoms with Crippen LogP contribution in [0.25, 0.3) is 0 Å². The Hall–Kier alpha value is -1.09. The van der Waals surface area contributed by atoms with Crippen LogP contribution in [0.2, 0.25) is 0 Å². The van der Waals surface area contributed by atoms with Crippen molar-refractivity contribution in [3.8, 4) is 5.75 Å². The van der Waals surface area contributed by atoms with Crippen molar-refractivity contribution in [1.29, 1.82) is 0 Å². The van der Waals surface area contributed by atoms with Crippen molar-refractivity contribution in [2.75, 3.05) is 13.7 Å². The predicted molar refractivity (Wildman–Crippen MR) is 71.3 cm³/mol. The molecule has 1 aliphatic carbocycles. The fourth-order valence-corrected chi connectivity index (χ4v) is 2.45. The molecule has 1 unspecified atom stereocenters. The zero-order valence-corrected chi connectivity index (χ0v) is 11.4. The van der Waals surface area contributed by atoms with Gasteiger partial charge in [0.05, 0.1) is 7.11 Å². The molecule has 2 rings (SSSR count).